The summed E-state index contributed by atoms with van der Waals surface area (Å²) in [6, 6.07) is 10.0. The Morgan fingerprint density at radius 2 is 1.91 bits per heavy atom. The molecule has 1 N–H and O–H groups in total. The lowest BCUT2D eigenvalue weighted by Gasteiger charge is -2.16. The van der Waals surface area contributed by atoms with Crippen LogP contribution >= 0.6 is 11.3 Å². The third kappa shape index (κ3) is 3.56. The second kappa shape index (κ2) is 6.33. The molecule has 7 heteroatoms. The Bertz CT molecular complexity index is 821. The molecule has 0 unspecified atom stereocenters. The number of carbonyl (C=O) groups is 1. The molecule has 1 fully saturated rings. The van der Waals surface area contributed by atoms with Gasteiger partial charge in [0.25, 0.3) is 15.9 Å². The number of nitrogens with zero attached hydrogens (tertiary/aromatic N) is 1. The van der Waals surface area contributed by atoms with E-state index in [9.17, 15) is 13.2 Å². The zero-order valence-corrected chi connectivity index (χ0v) is 14.4. The third-order valence-electron chi connectivity index (χ3n) is 3.74. The molecule has 122 valence electrons. The number of thiophene rings is 1. The van der Waals surface area contributed by atoms with Crippen molar-refractivity contribution in [3.63, 3.8) is 0 Å². The van der Waals surface area contributed by atoms with E-state index in [-0.39, 0.29) is 10.1 Å². The SMILES string of the molecule is Cc1ccc(S(=O)(=O)Nc2cccc(C(=O)N3CCCC3)c2)s1. The fourth-order valence-electron chi connectivity index (χ4n) is 2.58. The van der Waals surface area contributed by atoms with Crippen molar-refractivity contribution < 1.29 is 13.2 Å². The van der Waals surface area contributed by atoms with Gasteiger partial charge in [0.15, 0.2) is 0 Å². The molecule has 0 saturated carbocycles. The second-order valence-corrected chi connectivity index (χ2v) is 8.75. The molecule has 3 rings (SSSR count). The van der Waals surface area contributed by atoms with Gasteiger partial charge in [-0.15, -0.1) is 11.3 Å². The lowest BCUT2D eigenvalue weighted by molar-refractivity contribution is 0.0793. The molecule has 0 radical (unpaired) electrons. The van der Waals surface area contributed by atoms with Gasteiger partial charge < -0.3 is 4.90 Å². The van der Waals surface area contributed by atoms with Gasteiger partial charge in [0.1, 0.15) is 4.21 Å². The van der Waals surface area contributed by atoms with Crippen molar-refractivity contribution in [1.29, 1.82) is 0 Å². The molecule has 1 amide bonds. The molecule has 0 atom stereocenters. The van der Waals surface area contributed by atoms with Crippen molar-refractivity contribution in [2.24, 2.45) is 0 Å². The highest BCUT2D eigenvalue weighted by Gasteiger charge is 2.21. The maximum Gasteiger partial charge on any atom is 0.271 e. The van der Waals surface area contributed by atoms with E-state index in [2.05, 4.69) is 4.72 Å². The Morgan fingerprint density at radius 1 is 1.17 bits per heavy atom. The van der Waals surface area contributed by atoms with Crippen LogP contribution in [0.3, 0.4) is 0 Å². The first-order valence-electron chi connectivity index (χ1n) is 7.44. The Morgan fingerprint density at radius 3 is 2.57 bits per heavy atom. The van der Waals surface area contributed by atoms with Gasteiger partial charge in [-0.3, -0.25) is 9.52 Å². The quantitative estimate of drug-likeness (QED) is 0.921. The monoisotopic (exact) mass is 350 g/mol. The molecular formula is C16H18N2O3S2. The standard InChI is InChI=1S/C16H18N2O3S2/c1-12-7-8-15(22-12)23(20,21)17-14-6-4-5-13(11-14)16(19)18-9-2-3-10-18/h4-8,11,17H,2-3,9-10H2,1H3. The first-order valence-corrected chi connectivity index (χ1v) is 9.74. The van der Waals surface area contributed by atoms with Crippen LogP contribution in [0, 0.1) is 6.92 Å². The van der Waals surface area contributed by atoms with Gasteiger partial charge in [-0.25, -0.2) is 8.42 Å². The van der Waals surface area contributed by atoms with Crippen LogP contribution in [0.25, 0.3) is 0 Å². The third-order valence-corrected chi connectivity index (χ3v) is 6.61. The number of hydrogen-bond acceptors (Lipinski definition) is 4. The Kier molecular flexibility index (Phi) is 4.41. The maximum absolute atomic E-state index is 12.4. The highest BCUT2D eigenvalue weighted by Crippen LogP contribution is 2.24. The Balaban J connectivity index is 1.81. The van der Waals surface area contributed by atoms with Crippen LogP contribution in [0.15, 0.2) is 40.6 Å². The van der Waals surface area contributed by atoms with Gasteiger partial charge in [-0.2, -0.15) is 0 Å². The molecule has 1 aliphatic heterocycles. The number of amides is 1. The molecule has 1 saturated heterocycles. The number of carbonyl (C=O) groups excluding carboxylic acids is 1. The number of benzene rings is 1. The van der Waals surface area contributed by atoms with Crippen LogP contribution in [0.4, 0.5) is 5.69 Å². The van der Waals surface area contributed by atoms with Gasteiger partial charge in [-0.05, 0) is 50.1 Å². The number of sulfonamides is 1. The van der Waals surface area contributed by atoms with E-state index < -0.39 is 10.0 Å². The summed E-state index contributed by atoms with van der Waals surface area (Å²) in [5, 5.41) is 0. The van der Waals surface area contributed by atoms with E-state index in [0.29, 0.717) is 11.3 Å². The van der Waals surface area contributed by atoms with E-state index >= 15 is 0 Å². The summed E-state index contributed by atoms with van der Waals surface area (Å²) in [4.78, 5) is 15.1. The summed E-state index contributed by atoms with van der Waals surface area (Å²) in [6.07, 6.45) is 2.05. The number of aryl methyl sites for hydroxylation is 1. The van der Waals surface area contributed by atoms with E-state index in [4.69, 9.17) is 0 Å². The van der Waals surface area contributed by atoms with Crippen LogP contribution in [-0.2, 0) is 10.0 Å². The van der Waals surface area contributed by atoms with E-state index in [0.717, 1.165) is 30.8 Å². The maximum atomic E-state index is 12.4. The van der Waals surface area contributed by atoms with Crippen LogP contribution < -0.4 is 4.72 Å². The summed E-state index contributed by atoms with van der Waals surface area (Å²) in [5.74, 6) is -0.0458. The fraction of sp³-hybridized carbons (Fsp3) is 0.312. The lowest BCUT2D eigenvalue weighted by atomic mass is 10.2. The van der Waals surface area contributed by atoms with Crippen molar-refractivity contribution in [3.8, 4) is 0 Å². The van der Waals surface area contributed by atoms with Crippen LogP contribution in [0.1, 0.15) is 28.1 Å². The summed E-state index contributed by atoms with van der Waals surface area (Å²) >= 11 is 1.22. The fourth-order valence-corrected chi connectivity index (χ4v) is 4.91. The minimum absolute atomic E-state index is 0.0458. The highest BCUT2D eigenvalue weighted by atomic mass is 32.2. The first-order chi connectivity index (χ1) is 11.0. The van der Waals surface area contributed by atoms with Gasteiger partial charge in [0.2, 0.25) is 0 Å². The number of nitrogens with one attached hydrogen (secondary N) is 1. The van der Waals surface area contributed by atoms with Crippen molar-refractivity contribution in [2.75, 3.05) is 17.8 Å². The van der Waals surface area contributed by atoms with Gasteiger partial charge in [0.05, 0.1) is 0 Å². The van der Waals surface area contributed by atoms with Crippen molar-refractivity contribution in [2.45, 2.75) is 24.0 Å². The van der Waals surface area contributed by atoms with Gasteiger partial charge in [0, 0.05) is 29.2 Å². The minimum Gasteiger partial charge on any atom is -0.339 e. The molecule has 1 aromatic heterocycles. The summed E-state index contributed by atoms with van der Waals surface area (Å²) < 4.78 is 27.5. The van der Waals surface area contributed by atoms with Crippen LogP contribution in [0.2, 0.25) is 0 Å². The average Bonchev–Trinajstić information content (AvgIpc) is 3.17. The predicted octanol–water partition coefficient (Wildman–Crippen LogP) is 3.09. The molecule has 2 heterocycles. The predicted molar refractivity (Wildman–Crippen MR) is 91.4 cm³/mol. The number of likely N-dealkylation sites (tertiary alicyclic amines) is 1. The lowest BCUT2D eigenvalue weighted by Crippen LogP contribution is -2.27. The molecule has 0 bridgehead atoms. The topological polar surface area (TPSA) is 66.5 Å². The van der Waals surface area contributed by atoms with Gasteiger partial charge in [-0.1, -0.05) is 6.07 Å². The summed E-state index contributed by atoms with van der Waals surface area (Å²) in [5.41, 5.74) is 0.913. The normalized spacial score (nSPS) is 14.9. The van der Waals surface area contributed by atoms with E-state index in [1.54, 1.807) is 41.3 Å². The molecule has 0 aliphatic carbocycles. The molecule has 23 heavy (non-hydrogen) atoms. The van der Waals surface area contributed by atoms with E-state index in [1.165, 1.54) is 11.3 Å². The Hall–Kier alpha value is -1.86. The molecular weight excluding hydrogens is 332 g/mol. The molecule has 5 nitrogen and oxygen atoms in total. The average molecular weight is 350 g/mol. The van der Waals surface area contributed by atoms with E-state index in [1.807, 2.05) is 6.92 Å². The second-order valence-electron chi connectivity index (χ2n) is 5.55. The summed E-state index contributed by atoms with van der Waals surface area (Å²) in [7, 11) is -3.61. The largest absolute Gasteiger partial charge is 0.339 e. The number of hydrogen-bond donors (Lipinski definition) is 1. The minimum atomic E-state index is -3.61. The number of rotatable bonds is 4. The van der Waals surface area contributed by atoms with Crippen molar-refractivity contribution in [1.82, 2.24) is 4.90 Å². The highest BCUT2D eigenvalue weighted by molar-refractivity contribution is 7.94. The van der Waals surface area contributed by atoms with Crippen LogP contribution in [-0.4, -0.2) is 32.3 Å². The van der Waals surface area contributed by atoms with Crippen molar-refractivity contribution in [3.05, 3.63) is 46.8 Å². The molecule has 2 aromatic rings. The molecule has 1 aromatic carbocycles. The first kappa shape index (κ1) is 16.0. The Labute approximate surface area is 140 Å². The number of anilines is 1. The zero-order valence-electron chi connectivity index (χ0n) is 12.8. The van der Waals surface area contributed by atoms with Gasteiger partial charge >= 0.3 is 0 Å². The molecule has 1 aliphatic rings. The van der Waals surface area contributed by atoms with Crippen LogP contribution in [0.5, 0.6) is 0 Å². The molecule has 0 spiro atoms. The van der Waals surface area contributed by atoms with Crippen molar-refractivity contribution >= 4 is 33.0 Å². The zero-order chi connectivity index (χ0) is 16.4. The smallest absolute Gasteiger partial charge is 0.271 e. The summed E-state index contributed by atoms with van der Waals surface area (Å²) in [6.45, 7) is 3.39.